The predicted molar refractivity (Wildman–Crippen MR) is 118 cm³/mol. The number of para-hydroxylation sites is 1. The number of carbonyl (C=O) groups is 2. The summed E-state index contributed by atoms with van der Waals surface area (Å²) in [6.45, 7) is 4.43. The zero-order valence-corrected chi connectivity index (χ0v) is 16.9. The van der Waals surface area contributed by atoms with Crippen molar-refractivity contribution in [3.8, 4) is 5.75 Å². The fraction of sp³-hybridized carbons (Fsp3) is 0.120. The molecule has 0 aromatic heterocycles. The number of amides is 2. The molecule has 0 saturated carbocycles. The SMILES string of the molecule is CCOc1cccc(NC2=C(c3ccc(C)cc3)C(=O)N(c3ccccc3)C2=O)c1. The molecule has 1 aliphatic rings. The third-order valence-electron chi connectivity index (χ3n) is 4.85. The third kappa shape index (κ3) is 3.70. The highest BCUT2D eigenvalue weighted by atomic mass is 16.5. The van der Waals surface area contributed by atoms with Crippen LogP contribution in [0.25, 0.3) is 5.57 Å². The first-order chi connectivity index (χ1) is 14.6. The molecular weight excluding hydrogens is 376 g/mol. The van der Waals surface area contributed by atoms with E-state index >= 15 is 0 Å². The van der Waals surface area contributed by atoms with E-state index in [1.165, 1.54) is 4.90 Å². The van der Waals surface area contributed by atoms with Gasteiger partial charge in [-0.05, 0) is 43.7 Å². The number of nitrogens with one attached hydrogen (secondary N) is 1. The average molecular weight is 398 g/mol. The molecule has 0 unspecified atom stereocenters. The molecule has 5 heteroatoms. The largest absolute Gasteiger partial charge is 0.494 e. The maximum atomic E-state index is 13.4. The normalized spacial score (nSPS) is 13.7. The van der Waals surface area contributed by atoms with Crippen LogP contribution < -0.4 is 15.0 Å². The first-order valence-electron chi connectivity index (χ1n) is 9.83. The van der Waals surface area contributed by atoms with Crippen molar-refractivity contribution in [2.24, 2.45) is 0 Å². The molecule has 1 aliphatic heterocycles. The molecule has 3 aromatic carbocycles. The molecule has 5 nitrogen and oxygen atoms in total. The van der Waals surface area contributed by atoms with E-state index in [1.807, 2.05) is 68.4 Å². The molecule has 0 aliphatic carbocycles. The zero-order valence-electron chi connectivity index (χ0n) is 16.9. The molecule has 0 fully saturated rings. The van der Waals surface area contributed by atoms with Crippen LogP contribution in [0.4, 0.5) is 11.4 Å². The number of imide groups is 1. The van der Waals surface area contributed by atoms with Gasteiger partial charge >= 0.3 is 0 Å². The molecule has 3 aromatic rings. The summed E-state index contributed by atoms with van der Waals surface area (Å²) in [5, 5.41) is 3.17. The van der Waals surface area contributed by atoms with Crippen LogP contribution in [0.5, 0.6) is 5.75 Å². The number of anilines is 2. The molecule has 2 amide bonds. The van der Waals surface area contributed by atoms with E-state index in [9.17, 15) is 9.59 Å². The highest BCUT2D eigenvalue weighted by molar-refractivity contribution is 6.46. The fourth-order valence-corrected chi connectivity index (χ4v) is 3.42. The molecule has 4 rings (SSSR count). The summed E-state index contributed by atoms with van der Waals surface area (Å²) in [5.74, 6) is -0.0428. The summed E-state index contributed by atoms with van der Waals surface area (Å²) >= 11 is 0. The average Bonchev–Trinajstić information content (AvgIpc) is 2.99. The Bertz CT molecular complexity index is 1120. The number of carbonyl (C=O) groups excluding carboxylic acids is 2. The van der Waals surface area contributed by atoms with Crippen molar-refractivity contribution in [2.75, 3.05) is 16.8 Å². The lowest BCUT2D eigenvalue weighted by Crippen LogP contribution is -2.32. The summed E-state index contributed by atoms with van der Waals surface area (Å²) in [4.78, 5) is 27.9. The summed E-state index contributed by atoms with van der Waals surface area (Å²) in [6.07, 6.45) is 0. The number of aryl methyl sites for hydroxylation is 1. The van der Waals surface area contributed by atoms with E-state index in [-0.39, 0.29) is 17.5 Å². The Morgan fingerprint density at radius 2 is 1.60 bits per heavy atom. The van der Waals surface area contributed by atoms with Crippen LogP contribution in [0.2, 0.25) is 0 Å². The summed E-state index contributed by atoms with van der Waals surface area (Å²) in [6, 6.07) is 23.9. The number of rotatable bonds is 6. The summed E-state index contributed by atoms with van der Waals surface area (Å²) in [7, 11) is 0. The Labute approximate surface area is 175 Å². The van der Waals surface area contributed by atoms with Gasteiger partial charge in [-0.15, -0.1) is 0 Å². The Morgan fingerprint density at radius 3 is 2.30 bits per heavy atom. The Balaban J connectivity index is 1.79. The van der Waals surface area contributed by atoms with Gasteiger partial charge in [0.2, 0.25) is 0 Å². The molecule has 0 atom stereocenters. The molecule has 1 N–H and O–H groups in total. The van der Waals surface area contributed by atoms with E-state index in [0.717, 1.165) is 5.56 Å². The number of ether oxygens (including phenoxy) is 1. The maximum Gasteiger partial charge on any atom is 0.282 e. The second kappa shape index (κ2) is 8.25. The molecule has 0 radical (unpaired) electrons. The van der Waals surface area contributed by atoms with Crippen molar-refractivity contribution < 1.29 is 14.3 Å². The molecule has 0 saturated heterocycles. The second-order valence-corrected chi connectivity index (χ2v) is 6.98. The standard InChI is InChI=1S/C25H22N2O3/c1-3-30-21-11-7-8-19(16-21)26-23-22(18-14-12-17(2)13-15-18)24(28)27(25(23)29)20-9-5-4-6-10-20/h4-16,26H,3H2,1-2H3. The number of hydrogen-bond acceptors (Lipinski definition) is 4. The fourth-order valence-electron chi connectivity index (χ4n) is 3.42. The molecule has 30 heavy (non-hydrogen) atoms. The highest BCUT2D eigenvalue weighted by Crippen LogP contribution is 2.34. The van der Waals surface area contributed by atoms with Gasteiger partial charge in [-0.2, -0.15) is 0 Å². The van der Waals surface area contributed by atoms with E-state index in [0.29, 0.717) is 34.9 Å². The number of nitrogens with zero attached hydrogens (tertiary/aromatic N) is 1. The predicted octanol–water partition coefficient (Wildman–Crippen LogP) is 4.79. The maximum absolute atomic E-state index is 13.4. The number of benzene rings is 3. The van der Waals surface area contributed by atoms with E-state index < -0.39 is 0 Å². The van der Waals surface area contributed by atoms with E-state index in [1.54, 1.807) is 24.3 Å². The van der Waals surface area contributed by atoms with Crippen molar-refractivity contribution >= 4 is 28.8 Å². The zero-order chi connectivity index (χ0) is 21.1. The molecule has 0 spiro atoms. The highest BCUT2D eigenvalue weighted by Gasteiger charge is 2.40. The van der Waals surface area contributed by atoms with Gasteiger partial charge in [0.1, 0.15) is 11.4 Å². The van der Waals surface area contributed by atoms with Crippen LogP contribution in [0.3, 0.4) is 0 Å². The van der Waals surface area contributed by atoms with Crippen LogP contribution in [-0.4, -0.2) is 18.4 Å². The molecular formula is C25H22N2O3. The molecule has 0 bridgehead atoms. The quantitative estimate of drug-likeness (QED) is 0.607. The molecule has 150 valence electrons. The minimum absolute atomic E-state index is 0.251. The van der Waals surface area contributed by atoms with Crippen LogP contribution in [0.1, 0.15) is 18.1 Å². The van der Waals surface area contributed by atoms with Crippen molar-refractivity contribution in [3.63, 3.8) is 0 Å². The summed E-state index contributed by atoms with van der Waals surface area (Å²) < 4.78 is 5.56. The van der Waals surface area contributed by atoms with E-state index in [2.05, 4.69) is 5.32 Å². The van der Waals surface area contributed by atoms with Crippen molar-refractivity contribution in [2.45, 2.75) is 13.8 Å². The van der Waals surface area contributed by atoms with Crippen LogP contribution in [0, 0.1) is 6.92 Å². The van der Waals surface area contributed by atoms with Gasteiger partial charge in [0, 0.05) is 11.8 Å². The third-order valence-corrected chi connectivity index (χ3v) is 4.85. The first kappa shape index (κ1) is 19.5. The Kier molecular flexibility index (Phi) is 5.35. The van der Waals surface area contributed by atoms with Gasteiger partial charge in [-0.3, -0.25) is 9.59 Å². The van der Waals surface area contributed by atoms with E-state index in [4.69, 9.17) is 4.74 Å². The second-order valence-electron chi connectivity index (χ2n) is 6.98. The van der Waals surface area contributed by atoms with Gasteiger partial charge in [0.25, 0.3) is 11.8 Å². The van der Waals surface area contributed by atoms with Crippen molar-refractivity contribution in [1.82, 2.24) is 0 Å². The Morgan fingerprint density at radius 1 is 0.867 bits per heavy atom. The van der Waals surface area contributed by atoms with Gasteiger partial charge in [-0.1, -0.05) is 54.1 Å². The van der Waals surface area contributed by atoms with Gasteiger partial charge in [-0.25, -0.2) is 4.90 Å². The Hall–Kier alpha value is -3.86. The molecule has 1 heterocycles. The lowest BCUT2D eigenvalue weighted by molar-refractivity contribution is -0.120. The minimum Gasteiger partial charge on any atom is -0.494 e. The van der Waals surface area contributed by atoms with Gasteiger partial charge in [0.05, 0.1) is 17.9 Å². The summed E-state index contributed by atoms with van der Waals surface area (Å²) in [5.41, 5.74) is 3.59. The van der Waals surface area contributed by atoms with Gasteiger partial charge in [0.15, 0.2) is 0 Å². The van der Waals surface area contributed by atoms with Crippen LogP contribution >= 0.6 is 0 Å². The van der Waals surface area contributed by atoms with Crippen LogP contribution in [0.15, 0.2) is 84.6 Å². The van der Waals surface area contributed by atoms with Crippen LogP contribution in [-0.2, 0) is 9.59 Å². The minimum atomic E-state index is -0.386. The lowest BCUT2D eigenvalue weighted by Gasteiger charge is -2.15. The van der Waals surface area contributed by atoms with Crippen molar-refractivity contribution in [1.29, 1.82) is 0 Å². The monoisotopic (exact) mass is 398 g/mol. The van der Waals surface area contributed by atoms with Gasteiger partial charge < -0.3 is 10.1 Å². The first-order valence-corrected chi connectivity index (χ1v) is 9.83. The van der Waals surface area contributed by atoms with Crippen molar-refractivity contribution in [3.05, 3.63) is 95.7 Å². The topological polar surface area (TPSA) is 58.6 Å². The smallest absolute Gasteiger partial charge is 0.282 e. The number of hydrogen-bond donors (Lipinski definition) is 1. The lowest BCUT2D eigenvalue weighted by atomic mass is 10.0.